The van der Waals surface area contributed by atoms with Gasteiger partial charge in [-0.3, -0.25) is 0 Å². The van der Waals surface area contributed by atoms with Crippen LogP contribution in [0.2, 0.25) is 0 Å². The SMILES string of the molecule is CCc1ccc(S(=O)(=O)NCCc2nnc(-c3ccc(F)cc3)o2)cc1. The zero-order chi connectivity index (χ0) is 18.6. The van der Waals surface area contributed by atoms with E-state index in [4.69, 9.17) is 4.42 Å². The normalized spacial score (nSPS) is 11.6. The van der Waals surface area contributed by atoms with Crippen molar-refractivity contribution in [2.75, 3.05) is 6.54 Å². The number of rotatable bonds is 7. The van der Waals surface area contributed by atoms with Crippen molar-refractivity contribution in [3.63, 3.8) is 0 Å². The average Bonchev–Trinajstić information content (AvgIpc) is 3.11. The first-order chi connectivity index (χ1) is 12.5. The molecule has 3 rings (SSSR count). The summed E-state index contributed by atoms with van der Waals surface area (Å²) in [5, 5.41) is 7.78. The predicted molar refractivity (Wildman–Crippen MR) is 94.4 cm³/mol. The number of nitrogens with zero attached hydrogens (tertiary/aromatic N) is 2. The van der Waals surface area contributed by atoms with Gasteiger partial charge in [0.05, 0.1) is 4.90 Å². The van der Waals surface area contributed by atoms with Crippen molar-refractivity contribution in [1.82, 2.24) is 14.9 Å². The van der Waals surface area contributed by atoms with Crippen LogP contribution in [0.3, 0.4) is 0 Å². The fourth-order valence-corrected chi connectivity index (χ4v) is 3.38. The highest BCUT2D eigenvalue weighted by atomic mass is 32.2. The fourth-order valence-electron chi connectivity index (χ4n) is 2.34. The van der Waals surface area contributed by atoms with Crippen molar-refractivity contribution in [3.8, 4) is 11.5 Å². The van der Waals surface area contributed by atoms with Gasteiger partial charge in [-0.2, -0.15) is 0 Å². The van der Waals surface area contributed by atoms with E-state index < -0.39 is 10.0 Å². The van der Waals surface area contributed by atoms with Crippen molar-refractivity contribution in [1.29, 1.82) is 0 Å². The van der Waals surface area contributed by atoms with Crippen LogP contribution in [-0.2, 0) is 22.9 Å². The maximum absolute atomic E-state index is 12.9. The summed E-state index contributed by atoms with van der Waals surface area (Å²) in [5.74, 6) is 0.209. The Kier molecular flexibility index (Phi) is 5.43. The van der Waals surface area contributed by atoms with Crippen LogP contribution in [0.1, 0.15) is 18.4 Å². The summed E-state index contributed by atoms with van der Waals surface area (Å²) in [6.45, 7) is 2.13. The Balaban J connectivity index is 1.60. The molecular formula is C18H18FN3O3S. The second-order valence-electron chi connectivity index (χ2n) is 5.65. The minimum Gasteiger partial charge on any atom is -0.421 e. The molecule has 136 valence electrons. The molecule has 0 saturated heterocycles. The van der Waals surface area contributed by atoms with Crippen LogP contribution < -0.4 is 4.72 Å². The van der Waals surface area contributed by atoms with Crippen LogP contribution in [-0.4, -0.2) is 25.2 Å². The summed E-state index contributed by atoms with van der Waals surface area (Å²) < 4.78 is 45.5. The summed E-state index contributed by atoms with van der Waals surface area (Å²) in [5.41, 5.74) is 1.67. The largest absolute Gasteiger partial charge is 0.421 e. The van der Waals surface area contributed by atoms with E-state index in [2.05, 4.69) is 14.9 Å². The second kappa shape index (κ2) is 7.76. The van der Waals surface area contributed by atoms with Gasteiger partial charge in [0.2, 0.25) is 21.8 Å². The number of aryl methyl sites for hydroxylation is 1. The lowest BCUT2D eigenvalue weighted by molar-refractivity contribution is 0.502. The van der Waals surface area contributed by atoms with Crippen molar-refractivity contribution in [2.24, 2.45) is 0 Å². The minimum absolute atomic E-state index is 0.128. The lowest BCUT2D eigenvalue weighted by Crippen LogP contribution is -2.26. The van der Waals surface area contributed by atoms with Crippen LogP contribution in [0.25, 0.3) is 11.5 Å². The maximum atomic E-state index is 12.9. The summed E-state index contributed by atoms with van der Waals surface area (Å²) in [7, 11) is -3.59. The molecule has 0 saturated carbocycles. The molecule has 0 atom stereocenters. The van der Waals surface area contributed by atoms with Gasteiger partial charge in [-0.25, -0.2) is 17.5 Å². The van der Waals surface area contributed by atoms with E-state index in [-0.39, 0.29) is 29.6 Å². The monoisotopic (exact) mass is 375 g/mol. The van der Waals surface area contributed by atoms with Gasteiger partial charge >= 0.3 is 0 Å². The zero-order valence-corrected chi connectivity index (χ0v) is 15.0. The van der Waals surface area contributed by atoms with Gasteiger partial charge in [-0.15, -0.1) is 10.2 Å². The molecule has 1 heterocycles. The summed E-state index contributed by atoms with van der Waals surface area (Å²) in [6, 6.07) is 12.4. The molecular weight excluding hydrogens is 357 g/mol. The highest BCUT2D eigenvalue weighted by Crippen LogP contribution is 2.18. The molecule has 3 aromatic rings. The summed E-state index contributed by atoms with van der Waals surface area (Å²) >= 11 is 0. The zero-order valence-electron chi connectivity index (χ0n) is 14.1. The van der Waals surface area contributed by atoms with E-state index in [9.17, 15) is 12.8 Å². The molecule has 1 N–H and O–H groups in total. The number of aromatic nitrogens is 2. The van der Waals surface area contributed by atoms with E-state index >= 15 is 0 Å². The Morgan fingerprint density at radius 3 is 2.38 bits per heavy atom. The molecule has 0 unspecified atom stereocenters. The molecule has 0 aliphatic carbocycles. The van der Waals surface area contributed by atoms with Gasteiger partial charge in [-0.05, 0) is 48.4 Å². The van der Waals surface area contributed by atoms with Crippen LogP contribution in [0.15, 0.2) is 57.8 Å². The highest BCUT2D eigenvalue weighted by molar-refractivity contribution is 7.89. The number of nitrogens with one attached hydrogen (secondary N) is 1. The molecule has 0 spiro atoms. The summed E-state index contributed by atoms with van der Waals surface area (Å²) in [4.78, 5) is 0.215. The lowest BCUT2D eigenvalue weighted by atomic mass is 10.2. The van der Waals surface area contributed by atoms with E-state index in [1.165, 1.54) is 24.3 Å². The topological polar surface area (TPSA) is 85.1 Å². The lowest BCUT2D eigenvalue weighted by Gasteiger charge is -2.06. The van der Waals surface area contributed by atoms with Crippen LogP contribution in [0.4, 0.5) is 4.39 Å². The van der Waals surface area contributed by atoms with Gasteiger partial charge in [0, 0.05) is 18.5 Å². The molecule has 1 aromatic heterocycles. The number of sulfonamides is 1. The molecule has 0 aliphatic heterocycles. The molecule has 26 heavy (non-hydrogen) atoms. The Labute approximate surface area is 151 Å². The summed E-state index contributed by atoms with van der Waals surface area (Å²) in [6.07, 6.45) is 1.10. The first-order valence-electron chi connectivity index (χ1n) is 8.15. The molecule has 2 aromatic carbocycles. The Hall–Kier alpha value is -2.58. The van der Waals surface area contributed by atoms with E-state index in [0.717, 1.165) is 12.0 Å². The molecule has 0 amide bonds. The van der Waals surface area contributed by atoms with Crippen molar-refractivity contribution in [3.05, 3.63) is 65.8 Å². The smallest absolute Gasteiger partial charge is 0.247 e. The van der Waals surface area contributed by atoms with Crippen LogP contribution in [0, 0.1) is 5.82 Å². The Bertz CT molecular complexity index is 968. The second-order valence-corrected chi connectivity index (χ2v) is 7.42. The quantitative estimate of drug-likeness (QED) is 0.686. The molecule has 0 bridgehead atoms. The minimum atomic E-state index is -3.59. The number of benzene rings is 2. The first-order valence-corrected chi connectivity index (χ1v) is 9.63. The third-order valence-electron chi connectivity index (χ3n) is 3.83. The highest BCUT2D eigenvalue weighted by Gasteiger charge is 2.14. The van der Waals surface area contributed by atoms with E-state index in [1.807, 2.05) is 6.92 Å². The van der Waals surface area contributed by atoms with E-state index in [1.54, 1.807) is 24.3 Å². The van der Waals surface area contributed by atoms with Gasteiger partial charge in [-0.1, -0.05) is 19.1 Å². The van der Waals surface area contributed by atoms with Gasteiger partial charge in [0.15, 0.2) is 0 Å². The molecule has 8 heteroatoms. The third kappa shape index (κ3) is 4.33. The number of hydrogen-bond donors (Lipinski definition) is 1. The average molecular weight is 375 g/mol. The van der Waals surface area contributed by atoms with Crippen molar-refractivity contribution < 1.29 is 17.2 Å². The maximum Gasteiger partial charge on any atom is 0.247 e. The molecule has 6 nitrogen and oxygen atoms in total. The standard InChI is InChI=1S/C18H18FN3O3S/c1-2-13-3-9-16(10-4-13)26(23,24)20-12-11-17-21-22-18(25-17)14-5-7-15(19)8-6-14/h3-10,20H,2,11-12H2,1H3. The van der Waals surface area contributed by atoms with Gasteiger partial charge in [0.1, 0.15) is 5.82 Å². The van der Waals surface area contributed by atoms with Gasteiger partial charge in [0.25, 0.3) is 0 Å². The molecule has 0 fully saturated rings. The van der Waals surface area contributed by atoms with Crippen LogP contribution >= 0.6 is 0 Å². The molecule has 0 radical (unpaired) electrons. The number of hydrogen-bond acceptors (Lipinski definition) is 5. The van der Waals surface area contributed by atoms with Crippen LogP contribution in [0.5, 0.6) is 0 Å². The van der Waals surface area contributed by atoms with Crippen molar-refractivity contribution >= 4 is 10.0 Å². The fraction of sp³-hybridized carbons (Fsp3) is 0.222. The Morgan fingerprint density at radius 2 is 1.73 bits per heavy atom. The Morgan fingerprint density at radius 1 is 1.04 bits per heavy atom. The van der Waals surface area contributed by atoms with Gasteiger partial charge < -0.3 is 4.42 Å². The van der Waals surface area contributed by atoms with E-state index in [0.29, 0.717) is 11.5 Å². The number of halogens is 1. The third-order valence-corrected chi connectivity index (χ3v) is 5.31. The first kappa shape index (κ1) is 18.2. The predicted octanol–water partition coefficient (Wildman–Crippen LogP) is 2.96. The van der Waals surface area contributed by atoms with Crippen molar-refractivity contribution in [2.45, 2.75) is 24.7 Å². The molecule has 0 aliphatic rings.